The van der Waals surface area contributed by atoms with Crippen LogP contribution in [0.3, 0.4) is 0 Å². The molecule has 0 radical (unpaired) electrons. The number of amides is 2. The number of hydrogen-bond donors (Lipinski definition) is 3. The molecule has 8 heteroatoms. The van der Waals surface area contributed by atoms with Crippen molar-refractivity contribution in [1.29, 1.82) is 0 Å². The molecule has 30 heavy (non-hydrogen) atoms. The first-order chi connectivity index (χ1) is 14.5. The standard InChI is InChI=1S/C22H34N6O2/c1-3-23-22(24-13-11-20(29)27-19-10-6-7-16(2)25-19)26-18-12-14-28(15-18)21(30)17-8-4-5-9-17/h6-7,10,17-18H,3-5,8-9,11-15H2,1-2H3,(H2,23,24,26)(H,25,27,29). The molecule has 1 saturated carbocycles. The molecule has 2 heterocycles. The molecule has 2 amide bonds. The Bertz CT molecular complexity index is 760. The summed E-state index contributed by atoms with van der Waals surface area (Å²) >= 11 is 0. The zero-order chi connectivity index (χ0) is 21.3. The van der Waals surface area contributed by atoms with E-state index in [4.69, 9.17) is 0 Å². The smallest absolute Gasteiger partial charge is 0.227 e. The Morgan fingerprint density at radius 3 is 2.77 bits per heavy atom. The Hall–Kier alpha value is -2.64. The van der Waals surface area contributed by atoms with Crippen LogP contribution in [0.4, 0.5) is 5.82 Å². The van der Waals surface area contributed by atoms with Crippen LogP contribution in [0.1, 0.15) is 51.1 Å². The molecule has 2 aliphatic rings. The summed E-state index contributed by atoms with van der Waals surface area (Å²) in [6.07, 6.45) is 5.63. The highest BCUT2D eigenvalue weighted by Gasteiger charge is 2.32. The maximum Gasteiger partial charge on any atom is 0.227 e. The topological polar surface area (TPSA) is 98.7 Å². The Labute approximate surface area is 178 Å². The summed E-state index contributed by atoms with van der Waals surface area (Å²) in [4.78, 5) is 35.6. The lowest BCUT2D eigenvalue weighted by molar-refractivity contribution is -0.134. The molecule has 1 aromatic rings. The number of nitrogens with one attached hydrogen (secondary N) is 3. The van der Waals surface area contributed by atoms with E-state index in [1.807, 2.05) is 30.9 Å². The monoisotopic (exact) mass is 414 g/mol. The molecule has 1 saturated heterocycles. The van der Waals surface area contributed by atoms with Gasteiger partial charge in [0.05, 0.1) is 6.54 Å². The quantitative estimate of drug-likeness (QED) is 0.469. The molecule has 8 nitrogen and oxygen atoms in total. The molecule has 0 aromatic carbocycles. The molecule has 3 rings (SSSR count). The molecule has 0 spiro atoms. The lowest BCUT2D eigenvalue weighted by Crippen LogP contribution is -2.45. The number of guanidine groups is 1. The maximum atomic E-state index is 12.6. The molecular weight excluding hydrogens is 380 g/mol. The fraction of sp³-hybridized carbons (Fsp3) is 0.636. The van der Waals surface area contributed by atoms with E-state index in [0.717, 1.165) is 44.6 Å². The van der Waals surface area contributed by atoms with Crippen LogP contribution in [0.5, 0.6) is 0 Å². The third-order valence-electron chi connectivity index (χ3n) is 5.65. The lowest BCUT2D eigenvalue weighted by atomic mass is 10.1. The van der Waals surface area contributed by atoms with E-state index in [0.29, 0.717) is 24.2 Å². The van der Waals surface area contributed by atoms with E-state index in [2.05, 4.69) is 25.9 Å². The van der Waals surface area contributed by atoms with Crippen LogP contribution in [0.2, 0.25) is 0 Å². The van der Waals surface area contributed by atoms with Crippen molar-refractivity contribution in [3.63, 3.8) is 0 Å². The number of carbonyl (C=O) groups is 2. The van der Waals surface area contributed by atoms with E-state index in [1.165, 1.54) is 12.8 Å². The Kier molecular flexibility index (Phi) is 8.04. The number of likely N-dealkylation sites (tertiary alicyclic amines) is 1. The molecule has 2 fully saturated rings. The predicted molar refractivity (Wildman–Crippen MR) is 118 cm³/mol. The van der Waals surface area contributed by atoms with E-state index in [9.17, 15) is 9.59 Å². The number of aryl methyl sites for hydroxylation is 1. The summed E-state index contributed by atoms with van der Waals surface area (Å²) in [6, 6.07) is 5.72. The van der Waals surface area contributed by atoms with E-state index in [-0.39, 0.29) is 24.3 Å². The van der Waals surface area contributed by atoms with Gasteiger partial charge in [-0.2, -0.15) is 0 Å². The van der Waals surface area contributed by atoms with E-state index < -0.39 is 0 Å². The predicted octanol–water partition coefficient (Wildman–Crippen LogP) is 2.06. The zero-order valence-corrected chi connectivity index (χ0v) is 18.1. The highest BCUT2D eigenvalue weighted by atomic mass is 16.2. The van der Waals surface area contributed by atoms with Crippen LogP contribution in [-0.2, 0) is 9.59 Å². The summed E-state index contributed by atoms with van der Waals surface area (Å²) in [5, 5.41) is 9.46. The van der Waals surface area contributed by atoms with Gasteiger partial charge in [-0.15, -0.1) is 0 Å². The highest BCUT2D eigenvalue weighted by Crippen LogP contribution is 2.27. The van der Waals surface area contributed by atoms with Gasteiger partial charge >= 0.3 is 0 Å². The Morgan fingerprint density at radius 1 is 1.23 bits per heavy atom. The number of nitrogens with zero attached hydrogens (tertiary/aromatic N) is 3. The number of anilines is 1. The molecule has 164 valence electrons. The largest absolute Gasteiger partial charge is 0.357 e. The van der Waals surface area contributed by atoms with Crippen LogP contribution < -0.4 is 16.0 Å². The molecular formula is C22H34N6O2. The van der Waals surface area contributed by atoms with Crippen molar-refractivity contribution in [1.82, 2.24) is 20.5 Å². The van der Waals surface area contributed by atoms with Crippen LogP contribution in [0.25, 0.3) is 0 Å². The highest BCUT2D eigenvalue weighted by molar-refractivity contribution is 5.90. The van der Waals surface area contributed by atoms with Gasteiger partial charge in [0, 0.05) is 43.7 Å². The molecule has 1 atom stereocenters. The van der Waals surface area contributed by atoms with E-state index >= 15 is 0 Å². The van der Waals surface area contributed by atoms with Gasteiger partial charge in [0.1, 0.15) is 5.82 Å². The number of pyridine rings is 1. The Balaban J connectivity index is 1.45. The first kappa shape index (κ1) is 22.1. The number of rotatable bonds is 7. The average molecular weight is 415 g/mol. The third-order valence-corrected chi connectivity index (χ3v) is 5.65. The molecule has 0 bridgehead atoms. The summed E-state index contributed by atoms with van der Waals surface area (Å²) in [6.45, 7) is 6.54. The maximum absolute atomic E-state index is 12.6. The summed E-state index contributed by atoms with van der Waals surface area (Å²) in [5.74, 6) is 1.69. The zero-order valence-electron chi connectivity index (χ0n) is 18.1. The fourth-order valence-electron chi connectivity index (χ4n) is 4.11. The van der Waals surface area contributed by atoms with Crippen molar-refractivity contribution in [3.05, 3.63) is 23.9 Å². The number of aliphatic imine (C=N–C) groups is 1. The van der Waals surface area contributed by atoms with Crippen LogP contribution in [0, 0.1) is 12.8 Å². The first-order valence-corrected chi connectivity index (χ1v) is 11.1. The molecule has 1 aliphatic carbocycles. The number of aromatic nitrogens is 1. The van der Waals surface area contributed by atoms with Crippen molar-refractivity contribution < 1.29 is 9.59 Å². The van der Waals surface area contributed by atoms with Crippen molar-refractivity contribution in [2.24, 2.45) is 10.9 Å². The molecule has 1 unspecified atom stereocenters. The fourth-order valence-corrected chi connectivity index (χ4v) is 4.11. The second-order valence-electron chi connectivity index (χ2n) is 8.12. The van der Waals surface area contributed by atoms with Gasteiger partial charge in [0.25, 0.3) is 0 Å². The molecule has 1 aliphatic heterocycles. The summed E-state index contributed by atoms with van der Waals surface area (Å²) in [7, 11) is 0. The Morgan fingerprint density at radius 2 is 2.03 bits per heavy atom. The minimum atomic E-state index is -0.109. The second-order valence-corrected chi connectivity index (χ2v) is 8.12. The lowest BCUT2D eigenvalue weighted by Gasteiger charge is -2.21. The number of carbonyl (C=O) groups excluding carboxylic acids is 2. The minimum Gasteiger partial charge on any atom is -0.357 e. The van der Waals surface area contributed by atoms with Gasteiger partial charge in [-0.1, -0.05) is 18.9 Å². The van der Waals surface area contributed by atoms with Crippen molar-refractivity contribution in [2.45, 2.75) is 58.4 Å². The van der Waals surface area contributed by atoms with Crippen molar-refractivity contribution in [3.8, 4) is 0 Å². The van der Waals surface area contributed by atoms with Crippen LogP contribution in [0.15, 0.2) is 23.2 Å². The summed E-state index contributed by atoms with van der Waals surface area (Å²) in [5.41, 5.74) is 0.862. The van der Waals surface area contributed by atoms with Gasteiger partial charge in [0.15, 0.2) is 5.96 Å². The summed E-state index contributed by atoms with van der Waals surface area (Å²) < 4.78 is 0. The van der Waals surface area contributed by atoms with Gasteiger partial charge in [0.2, 0.25) is 11.8 Å². The van der Waals surface area contributed by atoms with Crippen molar-refractivity contribution >= 4 is 23.6 Å². The van der Waals surface area contributed by atoms with Crippen molar-refractivity contribution in [2.75, 3.05) is 31.5 Å². The SMILES string of the molecule is CCNC(=NCCC(=O)Nc1cccc(C)n1)NC1CCN(C(=O)C2CCCC2)C1. The molecule has 3 N–H and O–H groups in total. The molecule has 1 aromatic heterocycles. The average Bonchev–Trinajstić information content (AvgIpc) is 3.40. The third kappa shape index (κ3) is 6.43. The number of hydrogen-bond acceptors (Lipinski definition) is 4. The van der Waals surface area contributed by atoms with Crippen LogP contribution >= 0.6 is 0 Å². The van der Waals surface area contributed by atoms with Gasteiger partial charge < -0.3 is 20.9 Å². The first-order valence-electron chi connectivity index (χ1n) is 11.1. The van der Waals surface area contributed by atoms with Crippen LogP contribution in [-0.4, -0.2) is 59.9 Å². The minimum absolute atomic E-state index is 0.109. The van der Waals surface area contributed by atoms with Gasteiger partial charge in [-0.25, -0.2) is 4.98 Å². The van der Waals surface area contributed by atoms with E-state index in [1.54, 1.807) is 6.07 Å². The normalized spacial score (nSPS) is 19.7. The van der Waals surface area contributed by atoms with Gasteiger partial charge in [-0.05, 0) is 45.2 Å². The second kappa shape index (κ2) is 10.9. The van der Waals surface area contributed by atoms with Gasteiger partial charge in [-0.3, -0.25) is 14.6 Å².